The van der Waals surface area contributed by atoms with Crippen molar-refractivity contribution < 1.29 is 9.53 Å². The van der Waals surface area contributed by atoms with Gasteiger partial charge in [0.15, 0.2) is 5.65 Å². The third-order valence-corrected chi connectivity index (χ3v) is 5.25. The minimum atomic E-state index is -0.338. The van der Waals surface area contributed by atoms with E-state index < -0.39 is 0 Å². The van der Waals surface area contributed by atoms with E-state index in [1.54, 1.807) is 4.90 Å². The second kappa shape index (κ2) is 7.72. The van der Waals surface area contributed by atoms with Gasteiger partial charge in [-0.2, -0.15) is 10.1 Å². The molecule has 0 fully saturated rings. The maximum absolute atomic E-state index is 12.5. The predicted molar refractivity (Wildman–Crippen MR) is 117 cm³/mol. The highest BCUT2D eigenvalue weighted by atomic mass is 16.6. The maximum atomic E-state index is 12.5. The first-order valence-corrected chi connectivity index (χ1v) is 10.3. The van der Waals surface area contributed by atoms with Crippen LogP contribution in [0.25, 0.3) is 16.7 Å². The van der Waals surface area contributed by atoms with E-state index in [9.17, 15) is 4.79 Å². The van der Waals surface area contributed by atoms with Crippen LogP contribution in [0.2, 0.25) is 0 Å². The Morgan fingerprint density at radius 3 is 2.57 bits per heavy atom. The van der Waals surface area contributed by atoms with Gasteiger partial charge in [0.1, 0.15) is 0 Å². The molecule has 3 heterocycles. The molecule has 0 spiro atoms. The van der Waals surface area contributed by atoms with Gasteiger partial charge < -0.3 is 14.5 Å². The molecule has 0 N–H and O–H groups in total. The number of carbonyl (C=O) groups excluding carboxylic acids is 1. The number of carbonyl (C=O) groups is 1. The van der Waals surface area contributed by atoms with Crippen molar-refractivity contribution in [1.29, 1.82) is 0 Å². The first-order chi connectivity index (χ1) is 14.2. The molecule has 0 radical (unpaired) electrons. The van der Waals surface area contributed by atoms with Gasteiger partial charge in [-0.1, -0.05) is 39.0 Å². The van der Waals surface area contributed by atoms with Gasteiger partial charge >= 0.3 is 6.09 Å². The fourth-order valence-corrected chi connectivity index (χ4v) is 3.74. The number of amides is 1. The normalized spacial score (nSPS) is 14.3. The van der Waals surface area contributed by atoms with Crippen LogP contribution in [0.4, 0.5) is 4.79 Å². The van der Waals surface area contributed by atoms with Crippen LogP contribution in [-0.4, -0.2) is 57.8 Å². The highest BCUT2D eigenvalue weighted by Crippen LogP contribution is 2.34. The van der Waals surface area contributed by atoms with Crippen molar-refractivity contribution in [2.75, 3.05) is 27.2 Å². The molecule has 0 unspecified atom stereocenters. The Kier molecular flexibility index (Phi) is 5.24. The molecule has 0 atom stereocenters. The third kappa shape index (κ3) is 3.89. The summed E-state index contributed by atoms with van der Waals surface area (Å²) in [6.45, 7) is 8.53. The summed E-state index contributed by atoms with van der Waals surface area (Å²) < 4.78 is 7.46. The molecule has 30 heavy (non-hydrogen) atoms. The van der Waals surface area contributed by atoms with Crippen LogP contribution in [0, 0.1) is 0 Å². The number of benzene rings is 1. The minimum absolute atomic E-state index is 0.148. The van der Waals surface area contributed by atoms with Crippen LogP contribution >= 0.6 is 0 Å². The number of pyridine rings is 1. The number of para-hydroxylation sites is 1. The molecule has 0 saturated heterocycles. The van der Waals surface area contributed by atoms with Crippen LogP contribution in [-0.2, 0) is 12.0 Å². The van der Waals surface area contributed by atoms with E-state index in [2.05, 4.69) is 31.7 Å². The van der Waals surface area contributed by atoms with Gasteiger partial charge in [0.2, 0.25) is 5.88 Å². The van der Waals surface area contributed by atoms with Crippen molar-refractivity contribution in [3.8, 4) is 11.6 Å². The maximum Gasteiger partial charge on any atom is 0.416 e. The zero-order valence-electron chi connectivity index (χ0n) is 18.3. The average Bonchev–Trinajstić information content (AvgIpc) is 3.06. The topological polar surface area (TPSA) is 63.5 Å². The van der Waals surface area contributed by atoms with E-state index in [-0.39, 0.29) is 11.5 Å². The Labute approximate surface area is 177 Å². The Bertz CT molecular complexity index is 1070. The van der Waals surface area contributed by atoms with Gasteiger partial charge in [-0.15, -0.1) is 0 Å². The Morgan fingerprint density at radius 2 is 1.90 bits per heavy atom. The smallest absolute Gasteiger partial charge is 0.391 e. The number of rotatable bonds is 5. The van der Waals surface area contributed by atoms with E-state index in [4.69, 9.17) is 14.8 Å². The molecule has 1 amide bonds. The van der Waals surface area contributed by atoms with E-state index in [0.717, 1.165) is 35.3 Å². The minimum Gasteiger partial charge on any atom is -0.391 e. The lowest BCUT2D eigenvalue weighted by molar-refractivity contribution is 0.134. The van der Waals surface area contributed by atoms with Gasteiger partial charge in [-0.05, 0) is 45.3 Å². The summed E-state index contributed by atoms with van der Waals surface area (Å²) in [6, 6.07) is 12.0. The van der Waals surface area contributed by atoms with E-state index in [0.29, 0.717) is 24.6 Å². The molecule has 0 saturated carbocycles. The Hall–Kier alpha value is -2.93. The zero-order chi connectivity index (χ0) is 21.5. The Balaban J connectivity index is 1.76. The van der Waals surface area contributed by atoms with Gasteiger partial charge in [0.05, 0.1) is 17.9 Å². The molecular weight excluding hydrogens is 378 g/mol. The lowest BCUT2D eigenvalue weighted by Gasteiger charge is -2.27. The number of fused-ring (bicyclic) bond motifs is 2. The average molecular weight is 408 g/mol. The van der Waals surface area contributed by atoms with Gasteiger partial charge in [0.25, 0.3) is 0 Å². The van der Waals surface area contributed by atoms with Crippen LogP contribution in [0.5, 0.6) is 5.88 Å². The standard InChI is InChI=1S/C23H29N5O2/c1-23(2,3)19-18-14-16-15-27(13-9-12-26(4)5)22(29)30-21(16)24-20(18)28(25-19)17-10-7-6-8-11-17/h6-8,10-11,14H,9,12-13,15H2,1-5H3. The lowest BCUT2D eigenvalue weighted by atomic mass is 9.90. The molecule has 0 bridgehead atoms. The second-order valence-electron chi connectivity index (χ2n) is 9.12. The van der Waals surface area contributed by atoms with Crippen LogP contribution < -0.4 is 4.74 Å². The molecule has 158 valence electrons. The van der Waals surface area contributed by atoms with Crippen molar-refractivity contribution in [3.63, 3.8) is 0 Å². The van der Waals surface area contributed by atoms with Crippen molar-refractivity contribution in [1.82, 2.24) is 24.6 Å². The summed E-state index contributed by atoms with van der Waals surface area (Å²) >= 11 is 0. The molecule has 0 aliphatic carbocycles. The zero-order valence-corrected chi connectivity index (χ0v) is 18.3. The van der Waals surface area contributed by atoms with E-state index in [1.807, 2.05) is 49.1 Å². The van der Waals surface area contributed by atoms with Crippen molar-refractivity contribution in [2.45, 2.75) is 39.2 Å². The Morgan fingerprint density at radius 1 is 1.17 bits per heavy atom. The van der Waals surface area contributed by atoms with Crippen molar-refractivity contribution in [3.05, 3.63) is 47.7 Å². The number of aromatic nitrogens is 3. The molecule has 1 aliphatic rings. The molecule has 7 heteroatoms. The number of nitrogens with zero attached hydrogens (tertiary/aromatic N) is 5. The second-order valence-corrected chi connectivity index (χ2v) is 9.12. The van der Waals surface area contributed by atoms with Crippen molar-refractivity contribution >= 4 is 17.1 Å². The predicted octanol–water partition coefficient (Wildman–Crippen LogP) is 3.98. The molecule has 4 rings (SSSR count). The molecule has 3 aromatic rings. The lowest BCUT2D eigenvalue weighted by Crippen LogP contribution is -2.38. The highest BCUT2D eigenvalue weighted by molar-refractivity contribution is 5.84. The summed E-state index contributed by atoms with van der Waals surface area (Å²) in [5.74, 6) is 0.383. The van der Waals surface area contributed by atoms with Crippen molar-refractivity contribution in [2.24, 2.45) is 0 Å². The molecule has 7 nitrogen and oxygen atoms in total. The summed E-state index contributed by atoms with van der Waals surface area (Å²) in [4.78, 5) is 21.1. The summed E-state index contributed by atoms with van der Waals surface area (Å²) in [7, 11) is 4.06. The van der Waals surface area contributed by atoms with Crippen LogP contribution in [0.1, 0.15) is 38.4 Å². The third-order valence-electron chi connectivity index (χ3n) is 5.25. The number of ether oxygens (including phenoxy) is 1. The summed E-state index contributed by atoms with van der Waals surface area (Å²) in [6.07, 6.45) is 0.557. The number of hydrogen-bond donors (Lipinski definition) is 0. The SMILES string of the molecule is CN(C)CCCN1Cc2cc3c(C(C)(C)C)nn(-c4ccccc4)c3nc2OC1=O. The first kappa shape index (κ1) is 20.3. The van der Waals surface area contributed by atoms with E-state index >= 15 is 0 Å². The fraction of sp³-hybridized carbons (Fsp3) is 0.435. The molecular formula is C23H29N5O2. The highest BCUT2D eigenvalue weighted by Gasteiger charge is 2.30. The quantitative estimate of drug-likeness (QED) is 0.640. The van der Waals surface area contributed by atoms with Gasteiger partial charge in [-0.25, -0.2) is 9.48 Å². The summed E-state index contributed by atoms with van der Waals surface area (Å²) in [5.41, 5.74) is 3.39. The van der Waals surface area contributed by atoms with Crippen LogP contribution in [0.15, 0.2) is 36.4 Å². The molecule has 1 aromatic carbocycles. The number of hydrogen-bond acceptors (Lipinski definition) is 5. The van der Waals surface area contributed by atoms with Gasteiger partial charge in [-0.3, -0.25) is 0 Å². The van der Waals surface area contributed by atoms with Crippen LogP contribution in [0.3, 0.4) is 0 Å². The summed E-state index contributed by atoms with van der Waals surface area (Å²) in [5, 5.41) is 5.90. The monoisotopic (exact) mass is 407 g/mol. The fourth-order valence-electron chi connectivity index (χ4n) is 3.74. The van der Waals surface area contributed by atoms with Gasteiger partial charge in [0, 0.05) is 22.9 Å². The molecule has 1 aliphatic heterocycles. The first-order valence-electron chi connectivity index (χ1n) is 10.3. The van der Waals surface area contributed by atoms with E-state index in [1.165, 1.54) is 0 Å². The largest absolute Gasteiger partial charge is 0.416 e. The molecule has 2 aromatic heterocycles.